The van der Waals surface area contributed by atoms with Gasteiger partial charge in [0.15, 0.2) is 0 Å². The zero-order valence-electron chi connectivity index (χ0n) is 16.6. The van der Waals surface area contributed by atoms with Crippen molar-refractivity contribution in [3.8, 4) is 0 Å². The minimum absolute atomic E-state index is 0.0282. The number of rotatable bonds is 3. The Bertz CT molecular complexity index is 1080. The van der Waals surface area contributed by atoms with Crippen molar-refractivity contribution in [2.75, 3.05) is 39.4 Å². The minimum atomic E-state index is 0.0282. The van der Waals surface area contributed by atoms with Crippen LogP contribution in [0.25, 0.3) is 10.1 Å². The summed E-state index contributed by atoms with van der Waals surface area (Å²) < 4.78 is 6.55. The Morgan fingerprint density at radius 3 is 2.53 bits per heavy atom. The van der Waals surface area contributed by atoms with Gasteiger partial charge in [-0.15, -0.1) is 11.3 Å². The Morgan fingerprint density at radius 1 is 0.967 bits per heavy atom. The number of morpholine rings is 1. The number of likely N-dealkylation sites (tertiary alicyclic amines) is 1. The summed E-state index contributed by atoms with van der Waals surface area (Å²) in [6.07, 6.45) is 4.15. The standard InChI is InChI=1S/C23H23N3O3S/c27-22(16-5-8-24-9-6-16)26-10-7-17(15-26)20-18-3-1-2-4-19(18)30-21(20)23(28)25-11-13-29-14-12-25/h1-6,8-9,17H,7,10-15H2/t17-/m0/s1. The lowest BCUT2D eigenvalue weighted by molar-refractivity contribution is 0.0305. The number of ether oxygens (including phenoxy) is 1. The van der Waals surface area contributed by atoms with E-state index < -0.39 is 0 Å². The van der Waals surface area contributed by atoms with Gasteiger partial charge in [-0.1, -0.05) is 18.2 Å². The van der Waals surface area contributed by atoms with Crippen molar-refractivity contribution in [1.82, 2.24) is 14.8 Å². The number of benzene rings is 1. The molecule has 7 heteroatoms. The smallest absolute Gasteiger partial charge is 0.264 e. The van der Waals surface area contributed by atoms with E-state index in [0.29, 0.717) is 45.0 Å². The number of amides is 2. The first-order valence-corrected chi connectivity index (χ1v) is 11.1. The molecule has 0 saturated carbocycles. The quantitative estimate of drug-likeness (QED) is 0.650. The largest absolute Gasteiger partial charge is 0.378 e. The molecule has 0 bridgehead atoms. The zero-order valence-corrected chi connectivity index (χ0v) is 17.4. The summed E-state index contributed by atoms with van der Waals surface area (Å²) in [6, 6.07) is 11.7. The molecular weight excluding hydrogens is 398 g/mol. The summed E-state index contributed by atoms with van der Waals surface area (Å²) >= 11 is 1.57. The molecule has 0 unspecified atom stereocenters. The van der Waals surface area contributed by atoms with Crippen LogP contribution >= 0.6 is 11.3 Å². The highest BCUT2D eigenvalue weighted by Gasteiger charge is 2.34. The predicted octanol–water partition coefficient (Wildman–Crippen LogP) is 3.40. The van der Waals surface area contributed by atoms with E-state index in [4.69, 9.17) is 4.74 Å². The zero-order chi connectivity index (χ0) is 20.5. The number of pyridine rings is 1. The lowest BCUT2D eigenvalue weighted by Crippen LogP contribution is -2.40. The third kappa shape index (κ3) is 3.48. The Balaban J connectivity index is 1.46. The van der Waals surface area contributed by atoms with Gasteiger partial charge in [-0.25, -0.2) is 0 Å². The summed E-state index contributed by atoms with van der Waals surface area (Å²) in [5, 5.41) is 1.14. The monoisotopic (exact) mass is 421 g/mol. The normalized spacial score (nSPS) is 19.4. The van der Waals surface area contributed by atoms with Crippen molar-refractivity contribution in [2.45, 2.75) is 12.3 Å². The molecule has 1 aromatic carbocycles. The van der Waals surface area contributed by atoms with Crippen LogP contribution in [0.2, 0.25) is 0 Å². The summed E-state index contributed by atoms with van der Waals surface area (Å²) in [4.78, 5) is 34.9. The van der Waals surface area contributed by atoms with Crippen LogP contribution in [0.1, 0.15) is 37.9 Å². The van der Waals surface area contributed by atoms with Crippen molar-refractivity contribution in [3.63, 3.8) is 0 Å². The van der Waals surface area contributed by atoms with Crippen LogP contribution in [0.3, 0.4) is 0 Å². The predicted molar refractivity (Wildman–Crippen MR) is 116 cm³/mol. The average molecular weight is 422 g/mol. The number of carbonyl (C=O) groups excluding carboxylic acids is 2. The summed E-state index contributed by atoms with van der Waals surface area (Å²) in [7, 11) is 0. The van der Waals surface area contributed by atoms with E-state index in [1.807, 2.05) is 21.9 Å². The third-order valence-electron chi connectivity index (χ3n) is 5.94. The maximum atomic E-state index is 13.4. The van der Waals surface area contributed by atoms with Crippen molar-refractivity contribution in [3.05, 3.63) is 64.8 Å². The second kappa shape index (κ2) is 8.16. The molecule has 2 aromatic heterocycles. The number of carbonyl (C=O) groups is 2. The number of aromatic nitrogens is 1. The van der Waals surface area contributed by atoms with Gasteiger partial charge >= 0.3 is 0 Å². The highest BCUT2D eigenvalue weighted by Crippen LogP contribution is 2.41. The van der Waals surface area contributed by atoms with Gasteiger partial charge < -0.3 is 14.5 Å². The number of fused-ring (bicyclic) bond motifs is 1. The van der Waals surface area contributed by atoms with E-state index in [0.717, 1.165) is 26.9 Å². The van der Waals surface area contributed by atoms with Gasteiger partial charge in [-0.3, -0.25) is 14.6 Å². The molecule has 1 atom stereocenters. The van der Waals surface area contributed by atoms with Crippen LogP contribution in [0.4, 0.5) is 0 Å². The molecule has 4 heterocycles. The molecule has 154 valence electrons. The van der Waals surface area contributed by atoms with E-state index in [1.54, 1.807) is 35.9 Å². The van der Waals surface area contributed by atoms with Crippen molar-refractivity contribution < 1.29 is 14.3 Å². The van der Waals surface area contributed by atoms with Crippen LogP contribution in [-0.2, 0) is 4.74 Å². The molecule has 2 aliphatic heterocycles. The first kappa shape index (κ1) is 19.2. The fraction of sp³-hybridized carbons (Fsp3) is 0.348. The number of hydrogen-bond acceptors (Lipinski definition) is 5. The van der Waals surface area contributed by atoms with E-state index >= 15 is 0 Å². The Morgan fingerprint density at radius 2 is 1.73 bits per heavy atom. The molecule has 2 fully saturated rings. The SMILES string of the molecule is O=C(c1ccncc1)N1CC[C@H](c2c(C(=O)N3CCOCC3)sc3ccccc23)C1. The summed E-state index contributed by atoms with van der Waals surface area (Å²) in [5.74, 6) is 0.279. The van der Waals surface area contributed by atoms with Gasteiger partial charge in [0.2, 0.25) is 0 Å². The van der Waals surface area contributed by atoms with Crippen molar-refractivity contribution in [1.29, 1.82) is 0 Å². The van der Waals surface area contributed by atoms with E-state index in [1.165, 1.54) is 0 Å². The highest BCUT2D eigenvalue weighted by atomic mass is 32.1. The Labute approximate surface area is 179 Å². The maximum absolute atomic E-state index is 13.4. The topological polar surface area (TPSA) is 62.7 Å². The summed E-state index contributed by atoms with van der Waals surface area (Å²) in [6.45, 7) is 3.76. The molecule has 0 radical (unpaired) electrons. The van der Waals surface area contributed by atoms with E-state index in [2.05, 4.69) is 17.1 Å². The molecule has 30 heavy (non-hydrogen) atoms. The van der Waals surface area contributed by atoms with Gasteiger partial charge in [-0.2, -0.15) is 0 Å². The van der Waals surface area contributed by atoms with Crippen LogP contribution in [-0.4, -0.2) is 66.0 Å². The minimum Gasteiger partial charge on any atom is -0.378 e. The van der Waals surface area contributed by atoms with Crippen molar-refractivity contribution >= 4 is 33.2 Å². The molecule has 2 saturated heterocycles. The first-order valence-electron chi connectivity index (χ1n) is 10.3. The van der Waals surface area contributed by atoms with Gasteiger partial charge in [0.1, 0.15) is 0 Å². The van der Waals surface area contributed by atoms with Gasteiger partial charge in [0.25, 0.3) is 11.8 Å². The molecule has 5 rings (SSSR count). The Kier molecular flexibility index (Phi) is 5.23. The van der Waals surface area contributed by atoms with Gasteiger partial charge in [0.05, 0.1) is 18.1 Å². The molecule has 0 N–H and O–H groups in total. The first-order chi connectivity index (χ1) is 14.7. The molecular formula is C23H23N3O3S. The Hall–Kier alpha value is -2.77. The van der Waals surface area contributed by atoms with E-state index in [-0.39, 0.29) is 17.7 Å². The highest BCUT2D eigenvalue weighted by molar-refractivity contribution is 7.21. The molecule has 6 nitrogen and oxygen atoms in total. The number of nitrogens with zero attached hydrogens (tertiary/aromatic N) is 3. The van der Waals surface area contributed by atoms with Crippen LogP contribution in [0.15, 0.2) is 48.8 Å². The number of thiophene rings is 1. The number of hydrogen-bond donors (Lipinski definition) is 0. The molecule has 2 amide bonds. The van der Waals surface area contributed by atoms with E-state index in [9.17, 15) is 9.59 Å². The molecule has 3 aromatic rings. The second-order valence-electron chi connectivity index (χ2n) is 7.72. The summed E-state index contributed by atoms with van der Waals surface area (Å²) in [5.41, 5.74) is 1.77. The molecule has 0 spiro atoms. The van der Waals surface area contributed by atoms with Crippen LogP contribution in [0, 0.1) is 0 Å². The average Bonchev–Trinajstić information content (AvgIpc) is 3.44. The van der Waals surface area contributed by atoms with Crippen LogP contribution in [0.5, 0.6) is 0 Å². The van der Waals surface area contributed by atoms with Gasteiger partial charge in [-0.05, 0) is 35.6 Å². The maximum Gasteiger partial charge on any atom is 0.264 e. The lowest BCUT2D eigenvalue weighted by Gasteiger charge is -2.27. The van der Waals surface area contributed by atoms with Gasteiger partial charge in [0, 0.05) is 54.8 Å². The second-order valence-corrected chi connectivity index (χ2v) is 8.77. The molecule has 2 aliphatic rings. The fourth-order valence-corrected chi connectivity index (χ4v) is 5.65. The van der Waals surface area contributed by atoms with Crippen molar-refractivity contribution in [2.24, 2.45) is 0 Å². The van der Waals surface area contributed by atoms with Crippen LogP contribution < -0.4 is 0 Å². The fourth-order valence-electron chi connectivity index (χ4n) is 4.40. The third-order valence-corrected chi connectivity index (χ3v) is 7.11. The lowest BCUT2D eigenvalue weighted by atomic mass is 9.94. The molecule has 0 aliphatic carbocycles.